The minimum atomic E-state index is 0.107. The molecule has 6 aromatic rings. The van der Waals surface area contributed by atoms with E-state index in [2.05, 4.69) is 72.5 Å². The molecule has 210 valence electrons. The van der Waals surface area contributed by atoms with Gasteiger partial charge >= 0.3 is 0 Å². The molecule has 4 aromatic carbocycles. The topological polar surface area (TPSA) is 69.3 Å². The van der Waals surface area contributed by atoms with Crippen molar-refractivity contribution in [2.45, 2.75) is 13.8 Å². The molecule has 0 radical (unpaired) electrons. The number of nitrogens with zero attached hydrogens (tertiary/aromatic N) is 3. The summed E-state index contributed by atoms with van der Waals surface area (Å²) < 4.78 is 14.6. The third-order valence-electron chi connectivity index (χ3n) is 7.47. The Labute approximate surface area is 258 Å². The van der Waals surface area contributed by atoms with E-state index >= 15 is 0 Å². The first kappa shape index (κ1) is 28.1. The molecule has 0 fully saturated rings. The highest BCUT2D eigenvalue weighted by molar-refractivity contribution is 7.34. The second kappa shape index (κ2) is 11.7. The number of ether oxygens (including phenoxy) is 2. The minimum Gasteiger partial charge on any atom is -0.497 e. The molecule has 5 nitrogen and oxygen atoms in total. The smallest absolute Gasteiger partial charge is 0.130 e. The van der Waals surface area contributed by atoms with Crippen molar-refractivity contribution in [3.05, 3.63) is 107 Å². The fourth-order valence-electron chi connectivity index (χ4n) is 5.23. The van der Waals surface area contributed by atoms with Gasteiger partial charge in [-0.25, -0.2) is 0 Å². The van der Waals surface area contributed by atoms with Crippen molar-refractivity contribution in [2.24, 2.45) is 0 Å². The number of methoxy groups -OCH3 is 2. The Morgan fingerprint density at radius 1 is 0.698 bits per heavy atom. The van der Waals surface area contributed by atoms with Crippen LogP contribution >= 0.6 is 22.7 Å². The SMILES string of the molecule is COc1ccc(N(c2ccc(OC)cc2)c2ccc3c(c2)sc2cc(-c4cc(C)c(C=C(C#N)C#N)cc4C)sc23)cc1. The number of fused-ring (bicyclic) bond motifs is 3. The Hall–Kier alpha value is -5.08. The van der Waals surface area contributed by atoms with Crippen LogP contribution in [0.15, 0.2) is 90.5 Å². The van der Waals surface area contributed by atoms with Crippen molar-refractivity contribution in [2.75, 3.05) is 19.1 Å². The fraction of sp³-hybridized carbons (Fsp3) is 0.111. The van der Waals surface area contributed by atoms with Gasteiger partial charge in [0.1, 0.15) is 29.2 Å². The third kappa shape index (κ3) is 5.33. The quantitative estimate of drug-likeness (QED) is 0.171. The fourth-order valence-corrected chi connectivity index (χ4v) is 7.86. The van der Waals surface area contributed by atoms with E-state index in [0.717, 1.165) is 45.3 Å². The van der Waals surface area contributed by atoms with Gasteiger partial charge in [0.2, 0.25) is 0 Å². The zero-order valence-electron chi connectivity index (χ0n) is 24.1. The third-order valence-corrected chi connectivity index (χ3v) is 9.90. The Morgan fingerprint density at radius 2 is 1.30 bits per heavy atom. The number of anilines is 3. The van der Waals surface area contributed by atoms with E-state index < -0.39 is 0 Å². The lowest BCUT2D eigenvalue weighted by molar-refractivity contribution is 0.415. The molecule has 43 heavy (non-hydrogen) atoms. The molecule has 2 heterocycles. The molecule has 0 aliphatic heterocycles. The van der Waals surface area contributed by atoms with Gasteiger partial charge in [0.15, 0.2) is 0 Å². The summed E-state index contributed by atoms with van der Waals surface area (Å²) in [5.74, 6) is 1.63. The van der Waals surface area contributed by atoms with E-state index in [4.69, 9.17) is 9.47 Å². The number of allylic oxidation sites excluding steroid dienone is 1. The van der Waals surface area contributed by atoms with E-state index in [-0.39, 0.29) is 5.57 Å². The Bertz CT molecular complexity index is 2030. The number of rotatable bonds is 7. The lowest BCUT2D eigenvalue weighted by Gasteiger charge is -2.26. The summed E-state index contributed by atoms with van der Waals surface area (Å²) in [6, 6.07) is 33.3. The van der Waals surface area contributed by atoms with Crippen molar-refractivity contribution in [3.8, 4) is 34.1 Å². The van der Waals surface area contributed by atoms with Crippen LogP contribution in [0.3, 0.4) is 0 Å². The number of benzene rings is 4. The van der Waals surface area contributed by atoms with E-state index in [0.29, 0.717) is 0 Å². The molecule has 0 spiro atoms. The van der Waals surface area contributed by atoms with Crippen LogP contribution in [0.25, 0.3) is 36.0 Å². The molecule has 0 saturated carbocycles. The van der Waals surface area contributed by atoms with Crippen molar-refractivity contribution < 1.29 is 9.47 Å². The molecule has 0 atom stereocenters. The van der Waals surface area contributed by atoms with Crippen LogP contribution in [0.1, 0.15) is 16.7 Å². The molecular formula is C36H27N3O2S2. The van der Waals surface area contributed by atoms with E-state index in [1.807, 2.05) is 43.3 Å². The summed E-state index contributed by atoms with van der Waals surface area (Å²) in [5, 5.41) is 19.6. The second-order valence-electron chi connectivity index (χ2n) is 10.1. The van der Waals surface area contributed by atoms with Crippen molar-refractivity contribution in [1.82, 2.24) is 0 Å². The largest absolute Gasteiger partial charge is 0.497 e. The first-order valence-corrected chi connectivity index (χ1v) is 15.2. The molecule has 2 aromatic heterocycles. The summed E-state index contributed by atoms with van der Waals surface area (Å²) in [7, 11) is 3.35. The molecule has 0 aliphatic rings. The summed E-state index contributed by atoms with van der Waals surface area (Å²) >= 11 is 3.60. The van der Waals surface area contributed by atoms with E-state index in [1.54, 1.807) is 43.0 Å². The Morgan fingerprint density at radius 3 is 1.88 bits per heavy atom. The molecule has 6 rings (SSSR count). The van der Waals surface area contributed by atoms with Crippen LogP contribution in [0.5, 0.6) is 11.5 Å². The highest BCUT2D eigenvalue weighted by Gasteiger charge is 2.17. The summed E-state index contributed by atoms with van der Waals surface area (Å²) in [5.41, 5.74) is 7.46. The molecule has 0 amide bonds. The zero-order valence-corrected chi connectivity index (χ0v) is 25.8. The molecule has 0 saturated heterocycles. The summed E-state index contributed by atoms with van der Waals surface area (Å²) in [6.45, 7) is 4.10. The predicted molar refractivity (Wildman–Crippen MR) is 179 cm³/mol. The minimum absolute atomic E-state index is 0.107. The standard InChI is InChI=1S/C36H27N3O2S2/c1-22-16-32(23(2)15-25(22)17-24(20-37)21-38)34-19-35-36(43-34)31-14-9-28(18-33(31)42-35)39(26-5-10-29(40-3)11-6-26)27-7-12-30(41-4)13-8-27/h5-19H,1-4H3. The van der Waals surface area contributed by atoms with Gasteiger partial charge in [-0.3, -0.25) is 0 Å². The maximum absolute atomic E-state index is 9.18. The maximum Gasteiger partial charge on any atom is 0.130 e. The van der Waals surface area contributed by atoms with Crippen molar-refractivity contribution in [1.29, 1.82) is 10.5 Å². The van der Waals surface area contributed by atoms with Gasteiger partial charge in [-0.1, -0.05) is 12.1 Å². The van der Waals surface area contributed by atoms with Crippen molar-refractivity contribution in [3.63, 3.8) is 0 Å². The lowest BCUT2D eigenvalue weighted by Crippen LogP contribution is -2.09. The first-order valence-electron chi connectivity index (χ1n) is 13.6. The molecule has 0 N–H and O–H groups in total. The number of aryl methyl sites for hydroxylation is 2. The molecule has 0 aliphatic carbocycles. The van der Waals surface area contributed by atoms with Crippen LogP contribution in [0, 0.1) is 36.5 Å². The highest BCUT2D eigenvalue weighted by atomic mass is 32.1. The number of thiophene rings is 2. The molecule has 7 heteroatoms. The van der Waals surface area contributed by atoms with Crippen LogP contribution in [-0.2, 0) is 0 Å². The normalized spacial score (nSPS) is 10.7. The Kier molecular flexibility index (Phi) is 7.61. The van der Waals surface area contributed by atoms with Gasteiger partial charge < -0.3 is 14.4 Å². The van der Waals surface area contributed by atoms with Gasteiger partial charge in [0, 0.05) is 36.7 Å². The van der Waals surface area contributed by atoms with Crippen LogP contribution < -0.4 is 14.4 Å². The number of nitriles is 2. The lowest BCUT2D eigenvalue weighted by atomic mass is 9.98. The van der Waals surface area contributed by atoms with Gasteiger partial charge in [0.05, 0.1) is 18.9 Å². The van der Waals surface area contributed by atoms with Crippen molar-refractivity contribution >= 4 is 65.3 Å². The van der Waals surface area contributed by atoms with Gasteiger partial charge in [-0.05, 0) is 115 Å². The highest BCUT2D eigenvalue weighted by Crippen LogP contribution is 2.46. The van der Waals surface area contributed by atoms with Gasteiger partial charge in [-0.2, -0.15) is 10.5 Å². The maximum atomic E-state index is 9.18. The summed E-state index contributed by atoms with van der Waals surface area (Å²) in [4.78, 5) is 3.45. The van der Waals surface area contributed by atoms with E-state index in [1.165, 1.54) is 29.9 Å². The molecule has 0 unspecified atom stereocenters. The zero-order chi connectivity index (χ0) is 30.1. The Balaban J connectivity index is 1.40. The monoisotopic (exact) mass is 597 g/mol. The van der Waals surface area contributed by atoms with Gasteiger partial charge in [0.25, 0.3) is 0 Å². The van der Waals surface area contributed by atoms with Crippen LogP contribution in [-0.4, -0.2) is 14.2 Å². The molecule has 0 bridgehead atoms. The average Bonchev–Trinajstić information content (AvgIpc) is 3.60. The average molecular weight is 598 g/mol. The van der Waals surface area contributed by atoms with Crippen LogP contribution in [0.4, 0.5) is 17.1 Å². The molecular weight excluding hydrogens is 571 g/mol. The number of hydrogen-bond acceptors (Lipinski definition) is 7. The van der Waals surface area contributed by atoms with E-state index in [9.17, 15) is 10.5 Å². The first-order chi connectivity index (χ1) is 20.9. The number of hydrogen-bond donors (Lipinski definition) is 0. The van der Waals surface area contributed by atoms with Crippen LogP contribution in [0.2, 0.25) is 0 Å². The summed E-state index contributed by atoms with van der Waals surface area (Å²) in [6.07, 6.45) is 1.66. The predicted octanol–water partition coefficient (Wildman–Crippen LogP) is 10.3. The van der Waals surface area contributed by atoms with Gasteiger partial charge in [-0.15, -0.1) is 22.7 Å². The second-order valence-corrected chi connectivity index (χ2v) is 12.3.